The van der Waals surface area contributed by atoms with Gasteiger partial charge in [0.2, 0.25) is 5.88 Å². The van der Waals surface area contributed by atoms with Gasteiger partial charge in [0.15, 0.2) is 0 Å². The normalized spacial score (nSPS) is 23.3. The Balaban J connectivity index is 2.48. The van der Waals surface area contributed by atoms with Gasteiger partial charge >= 0.3 is 0 Å². The second-order valence-corrected chi connectivity index (χ2v) is 4.29. The quantitative estimate of drug-likeness (QED) is 0.730. The van der Waals surface area contributed by atoms with Crippen molar-refractivity contribution in [3.05, 3.63) is 23.4 Å². The third-order valence-electron chi connectivity index (χ3n) is 3.07. The Hall–Kier alpha value is -1.09. The number of nitrogens with zero attached hydrogens (tertiary/aromatic N) is 1. The van der Waals surface area contributed by atoms with Crippen LogP contribution in [0.15, 0.2) is 12.1 Å². The van der Waals surface area contributed by atoms with Crippen LogP contribution in [0.2, 0.25) is 0 Å². The maximum absolute atomic E-state index is 9.86. The number of methoxy groups -OCH3 is 1. The molecule has 76 valence electrons. The van der Waals surface area contributed by atoms with Gasteiger partial charge in [-0.1, -0.05) is 19.9 Å². The zero-order valence-electron chi connectivity index (χ0n) is 8.74. The molecule has 0 aliphatic heterocycles. The SMILES string of the molecule is COc1ccc2c(n1)CC(O)C2(C)C. The Kier molecular flexibility index (Phi) is 2.00. The molecule has 0 fully saturated rings. The van der Waals surface area contributed by atoms with Crippen LogP contribution in [-0.2, 0) is 11.8 Å². The van der Waals surface area contributed by atoms with Gasteiger partial charge in [-0.15, -0.1) is 0 Å². The summed E-state index contributed by atoms with van der Waals surface area (Å²) < 4.78 is 5.05. The standard InChI is InChI=1S/C11H15NO2/c1-11(2)7-4-5-10(14-3)12-8(7)6-9(11)13/h4-5,9,13H,6H2,1-3H3. The van der Waals surface area contributed by atoms with E-state index in [1.54, 1.807) is 7.11 Å². The first-order valence-electron chi connectivity index (χ1n) is 4.78. The van der Waals surface area contributed by atoms with Crippen molar-refractivity contribution in [2.45, 2.75) is 31.8 Å². The molecule has 1 N–H and O–H groups in total. The average molecular weight is 193 g/mol. The third-order valence-corrected chi connectivity index (χ3v) is 3.07. The summed E-state index contributed by atoms with van der Waals surface area (Å²) in [5.41, 5.74) is 1.90. The van der Waals surface area contributed by atoms with Crippen LogP contribution in [0.4, 0.5) is 0 Å². The molecular formula is C11H15NO2. The van der Waals surface area contributed by atoms with Crippen LogP contribution in [0.5, 0.6) is 5.88 Å². The Morgan fingerprint density at radius 3 is 2.86 bits per heavy atom. The number of hydrogen-bond acceptors (Lipinski definition) is 3. The second kappa shape index (κ2) is 2.95. The van der Waals surface area contributed by atoms with Crippen LogP contribution in [0.25, 0.3) is 0 Å². The first-order valence-corrected chi connectivity index (χ1v) is 4.78. The van der Waals surface area contributed by atoms with Crippen LogP contribution in [-0.4, -0.2) is 23.3 Å². The van der Waals surface area contributed by atoms with E-state index in [2.05, 4.69) is 4.98 Å². The Morgan fingerprint density at radius 1 is 1.50 bits per heavy atom. The molecule has 0 spiro atoms. The van der Waals surface area contributed by atoms with Crippen LogP contribution >= 0.6 is 0 Å². The molecule has 0 radical (unpaired) electrons. The van der Waals surface area contributed by atoms with Gasteiger partial charge in [-0.2, -0.15) is 0 Å². The lowest BCUT2D eigenvalue weighted by atomic mass is 9.85. The van der Waals surface area contributed by atoms with Crippen molar-refractivity contribution in [3.63, 3.8) is 0 Å². The lowest BCUT2D eigenvalue weighted by molar-refractivity contribution is 0.115. The van der Waals surface area contributed by atoms with Gasteiger partial charge in [0, 0.05) is 17.9 Å². The van der Waals surface area contributed by atoms with Crippen molar-refractivity contribution in [2.24, 2.45) is 0 Å². The number of ether oxygens (including phenoxy) is 1. The van der Waals surface area contributed by atoms with Gasteiger partial charge < -0.3 is 9.84 Å². The van der Waals surface area contributed by atoms with E-state index in [-0.39, 0.29) is 11.5 Å². The predicted octanol–water partition coefficient (Wildman–Crippen LogP) is 1.28. The molecule has 1 aromatic rings. The molecular weight excluding hydrogens is 178 g/mol. The molecule has 1 unspecified atom stereocenters. The third kappa shape index (κ3) is 1.20. The largest absolute Gasteiger partial charge is 0.481 e. The number of hydrogen-bond donors (Lipinski definition) is 1. The molecule has 3 nitrogen and oxygen atoms in total. The highest BCUT2D eigenvalue weighted by atomic mass is 16.5. The van der Waals surface area contributed by atoms with E-state index in [1.807, 2.05) is 26.0 Å². The van der Waals surface area contributed by atoms with E-state index < -0.39 is 0 Å². The van der Waals surface area contributed by atoms with Crippen molar-refractivity contribution < 1.29 is 9.84 Å². The molecule has 1 aromatic heterocycles. The first kappa shape index (κ1) is 9.46. The molecule has 14 heavy (non-hydrogen) atoms. The highest BCUT2D eigenvalue weighted by Gasteiger charge is 2.39. The molecule has 0 saturated heterocycles. The van der Waals surface area contributed by atoms with Crippen molar-refractivity contribution in [1.82, 2.24) is 4.98 Å². The second-order valence-electron chi connectivity index (χ2n) is 4.29. The zero-order chi connectivity index (χ0) is 10.3. The van der Waals surface area contributed by atoms with Gasteiger partial charge in [0.1, 0.15) is 0 Å². The number of pyridine rings is 1. The van der Waals surface area contributed by atoms with Gasteiger partial charge in [-0.25, -0.2) is 4.98 Å². The molecule has 1 heterocycles. The number of fused-ring (bicyclic) bond motifs is 1. The lowest BCUT2D eigenvalue weighted by Gasteiger charge is -2.23. The van der Waals surface area contributed by atoms with E-state index in [0.717, 1.165) is 11.3 Å². The van der Waals surface area contributed by atoms with Crippen molar-refractivity contribution in [3.8, 4) is 5.88 Å². The molecule has 0 amide bonds. The summed E-state index contributed by atoms with van der Waals surface area (Å²) in [4.78, 5) is 4.34. The number of rotatable bonds is 1. The van der Waals surface area contributed by atoms with Gasteiger partial charge in [0.05, 0.1) is 18.9 Å². The molecule has 2 rings (SSSR count). The molecule has 0 saturated carbocycles. The van der Waals surface area contributed by atoms with Crippen molar-refractivity contribution in [1.29, 1.82) is 0 Å². The van der Waals surface area contributed by atoms with Crippen LogP contribution < -0.4 is 4.74 Å². The first-order chi connectivity index (χ1) is 6.55. The summed E-state index contributed by atoms with van der Waals surface area (Å²) in [5.74, 6) is 0.619. The van der Waals surface area contributed by atoms with E-state index in [9.17, 15) is 5.11 Å². The fraction of sp³-hybridized carbons (Fsp3) is 0.545. The highest BCUT2D eigenvalue weighted by molar-refractivity contribution is 5.38. The fourth-order valence-electron chi connectivity index (χ4n) is 1.96. The van der Waals surface area contributed by atoms with E-state index in [0.29, 0.717) is 12.3 Å². The Morgan fingerprint density at radius 2 is 2.21 bits per heavy atom. The van der Waals surface area contributed by atoms with Crippen molar-refractivity contribution in [2.75, 3.05) is 7.11 Å². The molecule has 1 atom stereocenters. The number of aliphatic hydroxyl groups excluding tert-OH is 1. The minimum Gasteiger partial charge on any atom is -0.481 e. The van der Waals surface area contributed by atoms with Gasteiger partial charge in [-0.3, -0.25) is 0 Å². The summed E-state index contributed by atoms with van der Waals surface area (Å²) in [6.07, 6.45) is 0.289. The Bertz CT molecular complexity index is 360. The number of aromatic nitrogens is 1. The summed E-state index contributed by atoms with van der Waals surface area (Å²) >= 11 is 0. The van der Waals surface area contributed by atoms with E-state index in [4.69, 9.17) is 4.74 Å². The molecule has 1 aliphatic carbocycles. The topological polar surface area (TPSA) is 42.4 Å². The summed E-state index contributed by atoms with van der Waals surface area (Å²) in [7, 11) is 1.60. The summed E-state index contributed by atoms with van der Waals surface area (Å²) in [5, 5.41) is 9.86. The lowest BCUT2D eigenvalue weighted by Crippen LogP contribution is -2.28. The average Bonchev–Trinajstić information content (AvgIpc) is 2.38. The minimum atomic E-state index is -0.336. The summed E-state index contributed by atoms with van der Waals surface area (Å²) in [6.45, 7) is 4.08. The summed E-state index contributed by atoms with van der Waals surface area (Å²) in [6, 6.07) is 3.84. The van der Waals surface area contributed by atoms with Crippen LogP contribution in [0, 0.1) is 0 Å². The van der Waals surface area contributed by atoms with Crippen molar-refractivity contribution >= 4 is 0 Å². The molecule has 0 aromatic carbocycles. The van der Waals surface area contributed by atoms with Crippen LogP contribution in [0.3, 0.4) is 0 Å². The van der Waals surface area contributed by atoms with E-state index >= 15 is 0 Å². The Labute approximate surface area is 83.7 Å². The monoisotopic (exact) mass is 193 g/mol. The van der Waals surface area contributed by atoms with Gasteiger partial charge in [0.25, 0.3) is 0 Å². The highest BCUT2D eigenvalue weighted by Crippen LogP contribution is 2.38. The zero-order valence-corrected chi connectivity index (χ0v) is 8.74. The number of aliphatic hydroxyl groups is 1. The maximum atomic E-state index is 9.86. The van der Waals surface area contributed by atoms with Gasteiger partial charge in [-0.05, 0) is 5.56 Å². The van der Waals surface area contributed by atoms with E-state index in [1.165, 1.54) is 0 Å². The smallest absolute Gasteiger partial charge is 0.213 e. The fourth-order valence-corrected chi connectivity index (χ4v) is 1.96. The molecule has 1 aliphatic rings. The minimum absolute atomic E-state index is 0.186. The maximum Gasteiger partial charge on any atom is 0.213 e. The predicted molar refractivity (Wildman–Crippen MR) is 53.5 cm³/mol. The molecule has 0 bridgehead atoms. The molecule has 3 heteroatoms. The van der Waals surface area contributed by atoms with Crippen LogP contribution in [0.1, 0.15) is 25.1 Å².